The highest BCUT2D eigenvalue weighted by Gasteiger charge is 2.09. The van der Waals surface area contributed by atoms with Crippen LogP contribution in [0.5, 0.6) is 0 Å². The molecule has 2 N–H and O–H groups in total. The molecule has 0 amide bonds. The summed E-state index contributed by atoms with van der Waals surface area (Å²) >= 11 is 1.68. The fraction of sp³-hybridized carbons (Fsp3) is 0.0769. The van der Waals surface area contributed by atoms with Crippen LogP contribution < -0.4 is 5.73 Å². The molecule has 4 nitrogen and oxygen atoms in total. The molecule has 0 aliphatic rings. The van der Waals surface area contributed by atoms with Crippen molar-refractivity contribution in [3.05, 3.63) is 41.5 Å². The number of aryl methyl sites for hydroxylation is 1. The largest absolute Gasteiger partial charge is 0.463 e. The van der Waals surface area contributed by atoms with Crippen molar-refractivity contribution in [3.8, 4) is 22.0 Å². The van der Waals surface area contributed by atoms with E-state index in [1.165, 1.54) is 4.88 Å². The molecule has 0 saturated heterocycles. The van der Waals surface area contributed by atoms with Crippen molar-refractivity contribution in [2.75, 3.05) is 5.73 Å². The molecule has 0 unspecified atom stereocenters. The molecule has 0 bridgehead atoms. The number of anilines is 1. The van der Waals surface area contributed by atoms with Crippen LogP contribution in [-0.4, -0.2) is 9.97 Å². The highest BCUT2D eigenvalue weighted by molar-refractivity contribution is 7.15. The van der Waals surface area contributed by atoms with Crippen LogP contribution in [0.4, 0.5) is 5.95 Å². The molecule has 3 rings (SSSR count). The van der Waals surface area contributed by atoms with Crippen molar-refractivity contribution < 1.29 is 4.42 Å². The van der Waals surface area contributed by atoms with Gasteiger partial charge in [0.15, 0.2) is 5.76 Å². The van der Waals surface area contributed by atoms with Crippen LogP contribution in [0.25, 0.3) is 22.0 Å². The second-order valence-corrected chi connectivity index (χ2v) is 5.17. The monoisotopic (exact) mass is 257 g/mol. The smallest absolute Gasteiger partial charge is 0.221 e. The van der Waals surface area contributed by atoms with Gasteiger partial charge in [-0.2, -0.15) is 0 Å². The first-order chi connectivity index (χ1) is 8.72. The maximum atomic E-state index is 5.75. The second-order valence-electron chi connectivity index (χ2n) is 3.88. The molecule has 0 aliphatic heterocycles. The standard InChI is InChI=1S/C13H11N3OS/c1-8-4-5-12(18-8)10-7-9(15-13(14)16-10)11-3-2-6-17-11/h2-7H,1H3,(H2,14,15,16). The molecule has 0 aromatic carbocycles. The first-order valence-corrected chi connectivity index (χ1v) is 6.29. The minimum Gasteiger partial charge on any atom is -0.463 e. The van der Waals surface area contributed by atoms with Crippen molar-refractivity contribution in [3.63, 3.8) is 0 Å². The highest BCUT2D eigenvalue weighted by Crippen LogP contribution is 2.29. The SMILES string of the molecule is Cc1ccc(-c2cc(-c3ccco3)nc(N)n2)s1. The molecule has 0 spiro atoms. The quantitative estimate of drug-likeness (QED) is 0.764. The molecule has 3 aromatic rings. The van der Waals surface area contributed by atoms with Crippen LogP contribution in [0.3, 0.4) is 0 Å². The lowest BCUT2D eigenvalue weighted by atomic mass is 10.2. The molecule has 0 radical (unpaired) electrons. The number of nitrogens with zero attached hydrogens (tertiary/aromatic N) is 2. The lowest BCUT2D eigenvalue weighted by molar-refractivity contribution is 0.580. The fourth-order valence-corrected chi connectivity index (χ4v) is 2.54. The number of hydrogen-bond acceptors (Lipinski definition) is 5. The normalized spacial score (nSPS) is 10.7. The van der Waals surface area contributed by atoms with Crippen LogP contribution in [0, 0.1) is 6.92 Å². The van der Waals surface area contributed by atoms with Crippen LogP contribution in [-0.2, 0) is 0 Å². The lowest BCUT2D eigenvalue weighted by Crippen LogP contribution is -1.97. The highest BCUT2D eigenvalue weighted by atomic mass is 32.1. The molecule has 0 atom stereocenters. The van der Waals surface area contributed by atoms with E-state index in [4.69, 9.17) is 10.2 Å². The van der Waals surface area contributed by atoms with Gasteiger partial charge in [0.2, 0.25) is 5.95 Å². The zero-order valence-corrected chi connectivity index (χ0v) is 10.6. The van der Waals surface area contributed by atoms with E-state index in [1.807, 2.05) is 24.3 Å². The third kappa shape index (κ3) is 2.00. The summed E-state index contributed by atoms with van der Waals surface area (Å²) in [7, 11) is 0. The Hall–Kier alpha value is -2.14. The minimum absolute atomic E-state index is 0.255. The summed E-state index contributed by atoms with van der Waals surface area (Å²) in [6.45, 7) is 2.06. The molecular weight excluding hydrogens is 246 g/mol. The van der Waals surface area contributed by atoms with Gasteiger partial charge in [0.05, 0.1) is 16.8 Å². The summed E-state index contributed by atoms with van der Waals surface area (Å²) in [6.07, 6.45) is 1.61. The number of aromatic nitrogens is 2. The molecule has 0 fully saturated rings. The van der Waals surface area contributed by atoms with E-state index >= 15 is 0 Å². The Bertz CT molecular complexity index is 673. The molecule has 3 aromatic heterocycles. The molecular formula is C13H11N3OS. The fourth-order valence-electron chi connectivity index (χ4n) is 1.71. The Balaban J connectivity index is 2.11. The summed E-state index contributed by atoms with van der Waals surface area (Å²) < 4.78 is 5.33. The van der Waals surface area contributed by atoms with Gasteiger partial charge in [0, 0.05) is 4.88 Å². The van der Waals surface area contributed by atoms with Gasteiger partial charge in [-0.3, -0.25) is 0 Å². The van der Waals surface area contributed by atoms with Gasteiger partial charge in [-0.25, -0.2) is 9.97 Å². The van der Waals surface area contributed by atoms with Crippen molar-refractivity contribution in [2.45, 2.75) is 6.92 Å². The number of thiophene rings is 1. The van der Waals surface area contributed by atoms with E-state index in [0.29, 0.717) is 11.5 Å². The van der Waals surface area contributed by atoms with Gasteiger partial charge in [0.1, 0.15) is 5.69 Å². The second kappa shape index (κ2) is 4.27. The number of furan rings is 1. The number of hydrogen-bond donors (Lipinski definition) is 1. The number of nitrogen functional groups attached to an aromatic ring is 1. The molecule has 0 saturated carbocycles. The number of nitrogens with two attached hydrogens (primary N) is 1. The first-order valence-electron chi connectivity index (χ1n) is 5.47. The Kier molecular flexibility index (Phi) is 2.60. The summed E-state index contributed by atoms with van der Waals surface area (Å²) in [4.78, 5) is 10.8. The van der Waals surface area contributed by atoms with Crippen molar-refractivity contribution in [1.82, 2.24) is 9.97 Å². The number of rotatable bonds is 2. The first kappa shape index (κ1) is 11.0. The Morgan fingerprint density at radius 1 is 1.17 bits per heavy atom. The van der Waals surface area contributed by atoms with Crippen LogP contribution in [0.2, 0.25) is 0 Å². The molecule has 5 heteroatoms. The molecule has 3 heterocycles. The van der Waals surface area contributed by atoms with E-state index in [0.717, 1.165) is 10.6 Å². The lowest BCUT2D eigenvalue weighted by Gasteiger charge is -2.02. The summed E-state index contributed by atoms with van der Waals surface area (Å²) in [5.41, 5.74) is 7.28. The third-order valence-corrected chi connectivity index (χ3v) is 3.53. The topological polar surface area (TPSA) is 64.9 Å². The minimum atomic E-state index is 0.255. The van der Waals surface area contributed by atoms with E-state index in [-0.39, 0.29) is 5.95 Å². The van der Waals surface area contributed by atoms with E-state index in [1.54, 1.807) is 17.6 Å². The predicted molar refractivity (Wildman–Crippen MR) is 72.2 cm³/mol. The molecule has 0 aliphatic carbocycles. The zero-order valence-electron chi connectivity index (χ0n) is 9.75. The van der Waals surface area contributed by atoms with Crippen molar-refractivity contribution >= 4 is 17.3 Å². The average molecular weight is 257 g/mol. The maximum Gasteiger partial charge on any atom is 0.221 e. The van der Waals surface area contributed by atoms with Gasteiger partial charge < -0.3 is 10.2 Å². The van der Waals surface area contributed by atoms with Gasteiger partial charge in [0.25, 0.3) is 0 Å². The maximum absolute atomic E-state index is 5.75. The summed E-state index contributed by atoms with van der Waals surface area (Å²) in [6, 6.07) is 9.66. The van der Waals surface area contributed by atoms with E-state index in [9.17, 15) is 0 Å². The molecule has 90 valence electrons. The van der Waals surface area contributed by atoms with Gasteiger partial charge in [-0.05, 0) is 37.3 Å². The van der Waals surface area contributed by atoms with E-state index in [2.05, 4.69) is 23.0 Å². The van der Waals surface area contributed by atoms with Crippen LogP contribution in [0.1, 0.15) is 4.88 Å². The molecule has 18 heavy (non-hydrogen) atoms. The Morgan fingerprint density at radius 2 is 2.00 bits per heavy atom. The third-order valence-electron chi connectivity index (χ3n) is 2.51. The predicted octanol–water partition coefficient (Wildman–Crippen LogP) is 3.36. The summed E-state index contributed by atoms with van der Waals surface area (Å²) in [5.74, 6) is 0.948. The van der Waals surface area contributed by atoms with Crippen molar-refractivity contribution in [1.29, 1.82) is 0 Å². The van der Waals surface area contributed by atoms with Crippen LogP contribution in [0.15, 0.2) is 41.0 Å². The summed E-state index contributed by atoms with van der Waals surface area (Å²) in [5, 5.41) is 0. The Labute approximate surface area is 108 Å². The van der Waals surface area contributed by atoms with Gasteiger partial charge in [-0.15, -0.1) is 11.3 Å². The van der Waals surface area contributed by atoms with Gasteiger partial charge in [-0.1, -0.05) is 0 Å². The van der Waals surface area contributed by atoms with Crippen LogP contribution >= 0.6 is 11.3 Å². The van der Waals surface area contributed by atoms with E-state index < -0.39 is 0 Å². The van der Waals surface area contributed by atoms with Crippen molar-refractivity contribution in [2.24, 2.45) is 0 Å². The average Bonchev–Trinajstić information content (AvgIpc) is 2.98. The Morgan fingerprint density at radius 3 is 2.67 bits per heavy atom. The zero-order chi connectivity index (χ0) is 12.5. The van der Waals surface area contributed by atoms with Gasteiger partial charge >= 0.3 is 0 Å².